The summed E-state index contributed by atoms with van der Waals surface area (Å²) in [6, 6.07) is 5.97. The van der Waals surface area contributed by atoms with Crippen LogP contribution in [0.5, 0.6) is 11.5 Å². The topological polar surface area (TPSA) is 59.6 Å². The van der Waals surface area contributed by atoms with Crippen molar-refractivity contribution < 1.29 is 14.3 Å². The third-order valence-corrected chi connectivity index (χ3v) is 3.99. The lowest BCUT2D eigenvalue weighted by Gasteiger charge is -2.22. The van der Waals surface area contributed by atoms with E-state index in [2.05, 4.69) is 10.6 Å². The maximum Gasteiger partial charge on any atom is 0.224 e. The number of hydrogen-bond acceptors (Lipinski definition) is 4. The second kappa shape index (κ2) is 6.80. The molecular weight excluding hydrogens is 268 g/mol. The van der Waals surface area contributed by atoms with Crippen LogP contribution >= 0.6 is 0 Å². The van der Waals surface area contributed by atoms with Gasteiger partial charge in [0.1, 0.15) is 13.2 Å². The van der Waals surface area contributed by atoms with E-state index >= 15 is 0 Å². The Morgan fingerprint density at radius 2 is 2.14 bits per heavy atom. The van der Waals surface area contributed by atoms with Crippen molar-refractivity contribution in [3.63, 3.8) is 0 Å². The first-order chi connectivity index (χ1) is 10.3. The predicted molar refractivity (Wildman–Crippen MR) is 79.7 cm³/mol. The highest BCUT2D eigenvalue weighted by molar-refractivity contribution is 5.78. The maximum absolute atomic E-state index is 12.0. The van der Waals surface area contributed by atoms with Crippen LogP contribution in [-0.4, -0.2) is 38.8 Å². The molecule has 1 aromatic rings. The first kappa shape index (κ1) is 14.2. The lowest BCUT2D eigenvalue weighted by molar-refractivity contribution is -0.125. The molecule has 0 aliphatic carbocycles. The minimum absolute atomic E-state index is 0.124. The molecule has 0 saturated carbocycles. The Morgan fingerprint density at radius 1 is 1.29 bits per heavy atom. The van der Waals surface area contributed by atoms with Gasteiger partial charge in [-0.15, -0.1) is 0 Å². The van der Waals surface area contributed by atoms with Crippen molar-refractivity contribution >= 4 is 5.91 Å². The lowest BCUT2D eigenvalue weighted by Crippen LogP contribution is -2.41. The number of ether oxygens (including phenoxy) is 2. The number of rotatable bonds is 4. The molecule has 2 N–H and O–H groups in total. The molecule has 0 aromatic heterocycles. The molecule has 1 aromatic carbocycles. The van der Waals surface area contributed by atoms with Crippen molar-refractivity contribution in [3.8, 4) is 11.5 Å². The van der Waals surface area contributed by atoms with Crippen LogP contribution in [0.25, 0.3) is 0 Å². The van der Waals surface area contributed by atoms with E-state index in [4.69, 9.17) is 9.47 Å². The fraction of sp³-hybridized carbons (Fsp3) is 0.562. The van der Waals surface area contributed by atoms with Crippen LogP contribution < -0.4 is 20.1 Å². The van der Waals surface area contributed by atoms with Gasteiger partial charge in [-0.05, 0) is 43.5 Å². The van der Waals surface area contributed by atoms with E-state index in [0.29, 0.717) is 19.8 Å². The highest BCUT2D eigenvalue weighted by atomic mass is 16.6. The van der Waals surface area contributed by atoms with Gasteiger partial charge in [0.15, 0.2) is 11.5 Å². The van der Waals surface area contributed by atoms with Crippen LogP contribution in [0.15, 0.2) is 18.2 Å². The molecule has 0 unspecified atom stereocenters. The normalized spacial score (nSPS) is 20.9. The molecule has 3 rings (SSSR count). The zero-order valence-electron chi connectivity index (χ0n) is 12.2. The van der Waals surface area contributed by atoms with Crippen LogP contribution in [0.3, 0.4) is 0 Å². The van der Waals surface area contributed by atoms with E-state index in [9.17, 15) is 4.79 Å². The van der Waals surface area contributed by atoms with Gasteiger partial charge in [-0.3, -0.25) is 4.79 Å². The fourth-order valence-electron chi connectivity index (χ4n) is 2.79. The standard InChI is InChI=1S/C16H22N2O3/c19-16(13-2-1-6-17-11-13)18-7-5-12-3-4-14-15(10-12)21-9-8-20-14/h3-4,10,13,17H,1-2,5-9,11H2,(H,18,19)/t13-/m1/s1. The Hall–Kier alpha value is -1.75. The Balaban J connectivity index is 1.47. The number of hydrogen-bond donors (Lipinski definition) is 2. The Morgan fingerprint density at radius 3 is 2.95 bits per heavy atom. The lowest BCUT2D eigenvalue weighted by atomic mass is 9.99. The summed E-state index contributed by atoms with van der Waals surface area (Å²) in [5, 5.41) is 6.30. The zero-order chi connectivity index (χ0) is 14.5. The second-order valence-electron chi connectivity index (χ2n) is 5.56. The SMILES string of the molecule is O=C(NCCc1ccc2c(c1)OCCO2)[C@@H]1CCCNC1. The molecule has 2 aliphatic heterocycles. The molecule has 21 heavy (non-hydrogen) atoms. The molecule has 2 aliphatic rings. The average molecular weight is 290 g/mol. The molecule has 1 atom stereocenters. The average Bonchev–Trinajstić information content (AvgIpc) is 2.55. The number of benzene rings is 1. The molecule has 5 heteroatoms. The number of piperidine rings is 1. The van der Waals surface area contributed by atoms with Crippen molar-refractivity contribution in [1.82, 2.24) is 10.6 Å². The third-order valence-electron chi connectivity index (χ3n) is 3.99. The summed E-state index contributed by atoms with van der Waals surface area (Å²) in [7, 11) is 0. The van der Waals surface area contributed by atoms with E-state index in [1.54, 1.807) is 0 Å². The minimum Gasteiger partial charge on any atom is -0.486 e. The summed E-state index contributed by atoms with van der Waals surface area (Å²) >= 11 is 0. The molecule has 1 amide bonds. The summed E-state index contributed by atoms with van der Waals surface area (Å²) in [6.07, 6.45) is 2.88. The Bertz CT molecular complexity index is 498. The van der Waals surface area contributed by atoms with Crippen molar-refractivity contribution in [2.24, 2.45) is 5.92 Å². The molecular formula is C16H22N2O3. The molecule has 2 heterocycles. The maximum atomic E-state index is 12.0. The Kier molecular flexibility index (Phi) is 4.60. The van der Waals surface area contributed by atoms with E-state index in [-0.39, 0.29) is 11.8 Å². The van der Waals surface area contributed by atoms with Crippen molar-refractivity contribution in [3.05, 3.63) is 23.8 Å². The smallest absolute Gasteiger partial charge is 0.224 e. The van der Waals surface area contributed by atoms with E-state index in [0.717, 1.165) is 49.4 Å². The van der Waals surface area contributed by atoms with Crippen LogP contribution in [0.4, 0.5) is 0 Å². The van der Waals surface area contributed by atoms with Gasteiger partial charge in [-0.1, -0.05) is 6.07 Å². The fourth-order valence-corrected chi connectivity index (χ4v) is 2.79. The molecule has 114 valence electrons. The molecule has 1 saturated heterocycles. The third kappa shape index (κ3) is 3.67. The predicted octanol–water partition coefficient (Wildman–Crippen LogP) is 1.12. The van der Waals surface area contributed by atoms with Gasteiger partial charge in [-0.25, -0.2) is 0 Å². The Labute approximate surface area is 125 Å². The van der Waals surface area contributed by atoms with Gasteiger partial charge in [0.25, 0.3) is 0 Å². The van der Waals surface area contributed by atoms with E-state index < -0.39 is 0 Å². The summed E-state index contributed by atoms with van der Waals surface area (Å²) in [5.74, 6) is 1.91. The largest absolute Gasteiger partial charge is 0.486 e. The first-order valence-corrected chi connectivity index (χ1v) is 7.70. The highest BCUT2D eigenvalue weighted by Crippen LogP contribution is 2.30. The van der Waals surface area contributed by atoms with Crippen LogP contribution in [0.1, 0.15) is 18.4 Å². The van der Waals surface area contributed by atoms with Crippen LogP contribution in [0.2, 0.25) is 0 Å². The number of nitrogens with one attached hydrogen (secondary N) is 2. The number of carbonyl (C=O) groups excluding carboxylic acids is 1. The quantitative estimate of drug-likeness (QED) is 0.872. The van der Waals surface area contributed by atoms with Gasteiger partial charge in [-0.2, -0.15) is 0 Å². The zero-order valence-corrected chi connectivity index (χ0v) is 12.2. The summed E-state index contributed by atoms with van der Waals surface area (Å²) in [4.78, 5) is 12.0. The molecule has 0 spiro atoms. The van der Waals surface area contributed by atoms with Gasteiger partial charge >= 0.3 is 0 Å². The molecule has 5 nitrogen and oxygen atoms in total. The summed E-state index contributed by atoms with van der Waals surface area (Å²) in [6.45, 7) is 3.70. The minimum atomic E-state index is 0.124. The number of amides is 1. The van der Waals surface area contributed by atoms with Crippen LogP contribution in [0, 0.1) is 5.92 Å². The van der Waals surface area contributed by atoms with Crippen LogP contribution in [-0.2, 0) is 11.2 Å². The first-order valence-electron chi connectivity index (χ1n) is 7.70. The monoisotopic (exact) mass is 290 g/mol. The summed E-state index contributed by atoms with van der Waals surface area (Å²) < 4.78 is 11.1. The van der Waals surface area contributed by atoms with E-state index in [1.165, 1.54) is 0 Å². The summed E-state index contributed by atoms with van der Waals surface area (Å²) in [5.41, 5.74) is 1.15. The van der Waals surface area contributed by atoms with Crippen molar-refractivity contribution in [2.75, 3.05) is 32.8 Å². The van der Waals surface area contributed by atoms with Gasteiger partial charge in [0, 0.05) is 13.1 Å². The number of carbonyl (C=O) groups is 1. The van der Waals surface area contributed by atoms with Gasteiger partial charge < -0.3 is 20.1 Å². The van der Waals surface area contributed by atoms with Crippen molar-refractivity contribution in [2.45, 2.75) is 19.3 Å². The number of fused-ring (bicyclic) bond motifs is 1. The van der Waals surface area contributed by atoms with Crippen molar-refractivity contribution in [1.29, 1.82) is 0 Å². The highest BCUT2D eigenvalue weighted by Gasteiger charge is 2.20. The van der Waals surface area contributed by atoms with Gasteiger partial charge in [0.05, 0.1) is 5.92 Å². The molecule has 1 fully saturated rings. The molecule has 0 bridgehead atoms. The second-order valence-corrected chi connectivity index (χ2v) is 5.56. The molecule has 0 radical (unpaired) electrons. The van der Waals surface area contributed by atoms with Gasteiger partial charge in [0.2, 0.25) is 5.91 Å². The van der Waals surface area contributed by atoms with E-state index in [1.807, 2.05) is 18.2 Å².